The molecule has 0 aliphatic carbocycles. The first-order valence-corrected chi connectivity index (χ1v) is 7.55. The highest BCUT2D eigenvalue weighted by Crippen LogP contribution is 2.29. The van der Waals surface area contributed by atoms with Gasteiger partial charge < -0.3 is 10.1 Å². The van der Waals surface area contributed by atoms with Gasteiger partial charge in [0.25, 0.3) is 0 Å². The normalized spacial score (nSPS) is 11.3. The summed E-state index contributed by atoms with van der Waals surface area (Å²) < 4.78 is 5.53. The van der Waals surface area contributed by atoms with E-state index < -0.39 is 0 Å². The van der Waals surface area contributed by atoms with Crippen LogP contribution in [0.3, 0.4) is 0 Å². The largest absolute Gasteiger partial charge is 0.379 e. The zero-order valence-corrected chi connectivity index (χ0v) is 14.3. The summed E-state index contributed by atoms with van der Waals surface area (Å²) in [7, 11) is 0. The Morgan fingerprint density at radius 3 is 1.95 bits per heavy atom. The number of nitrogens with one attached hydrogen (secondary N) is 1. The molecule has 3 nitrogen and oxygen atoms in total. The van der Waals surface area contributed by atoms with Crippen molar-refractivity contribution in [2.24, 2.45) is 11.3 Å². The number of amides is 1. The highest BCUT2D eigenvalue weighted by atomic mass is 16.5. The summed E-state index contributed by atoms with van der Waals surface area (Å²) in [5.41, 5.74) is 0.412. The van der Waals surface area contributed by atoms with Gasteiger partial charge in [0, 0.05) is 19.6 Å². The molecule has 0 saturated carbocycles. The van der Waals surface area contributed by atoms with Crippen molar-refractivity contribution >= 4 is 5.91 Å². The van der Waals surface area contributed by atoms with E-state index in [9.17, 15) is 4.79 Å². The molecule has 0 aromatic rings. The lowest BCUT2D eigenvalue weighted by Gasteiger charge is -2.29. The topological polar surface area (TPSA) is 38.3 Å². The summed E-state index contributed by atoms with van der Waals surface area (Å²) in [6, 6.07) is 0. The van der Waals surface area contributed by atoms with E-state index in [1.807, 2.05) is 13.8 Å². The Hall–Kier alpha value is -0.570. The molecule has 0 unspecified atom stereocenters. The number of hydrogen-bond donors (Lipinski definition) is 1. The fraction of sp³-hybridized carbons (Fsp3) is 0.938. The molecule has 0 spiro atoms. The molecule has 0 rings (SSSR count). The monoisotopic (exact) mass is 273 g/mol. The number of rotatable bonds is 7. The molecule has 0 aliphatic rings. The van der Waals surface area contributed by atoms with Crippen LogP contribution in [-0.2, 0) is 9.53 Å². The second-order valence-electron chi connectivity index (χ2n) is 6.12. The van der Waals surface area contributed by atoms with E-state index in [1.54, 1.807) is 0 Å². The van der Waals surface area contributed by atoms with Crippen molar-refractivity contribution in [1.29, 1.82) is 0 Å². The third-order valence-corrected chi connectivity index (χ3v) is 3.46. The molecule has 19 heavy (non-hydrogen) atoms. The zero-order chi connectivity index (χ0) is 15.5. The Kier molecular flexibility index (Phi) is 12.3. The van der Waals surface area contributed by atoms with Crippen molar-refractivity contribution in [1.82, 2.24) is 5.32 Å². The van der Waals surface area contributed by atoms with E-state index in [2.05, 4.69) is 46.9 Å². The highest BCUT2D eigenvalue weighted by Gasteiger charge is 2.21. The van der Waals surface area contributed by atoms with E-state index in [0.717, 1.165) is 25.5 Å². The van der Waals surface area contributed by atoms with Crippen molar-refractivity contribution in [3.05, 3.63) is 0 Å². The lowest BCUT2D eigenvalue weighted by Crippen LogP contribution is -2.22. The molecule has 116 valence electrons. The first-order valence-electron chi connectivity index (χ1n) is 7.55. The summed E-state index contributed by atoms with van der Waals surface area (Å²) in [6.07, 6.45) is 2.12. The van der Waals surface area contributed by atoms with Crippen LogP contribution in [0.5, 0.6) is 0 Å². The molecular weight excluding hydrogens is 238 g/mol. The van der Waals surface area contributed by atoms with Gasteiger partial charge in [-0.1, -0.05) is 34.6 Å². The minimum Gasteiger partial charge on any atom is -0.379 e. The third kappa shape index (κ3) is 13.7. The minimum atomic E-state index is 0.127. The number of ether oxygens (including phenoxy) is 1. The number of hydrogen-bond acceptors (Lipinski definition) is 2. The fourth-order valence-corrected chi connectivity index (χ4v) is 1.17. The Morgan fingerprint density at radius 2 is 1.68 bits per heavy atom. The summed E-state index contributed by atoms with van der Waals surface area (Å²) in [6.45, 7) is 18.7. The molecule has 0 radical (unpaired) electrons. The lowest BCUT2D eigenvalue weighted by atomic mass is 9.79. The molecule has 0 saturated heterocycles. The Balaban J connectivity index is 0. The van der Waals surface area contributed by atoms with Crippen LogP contribution < -0.4 is 5.32 Å². The van der Waals surface area contributed by atoms with Gasteiger partial charge in [-0.3, -0.25) is 4.79 Å². The predicted octanol–water partition coefficient (Wildman–Crippen LogP) is 4.02. The molecule has 1 N–H and O–H groups in total. The maximum atomic E-state index is 10.3. The predicted molar refractivity (Wildman–Crippen MR) is 83.3 cm³/mol. The van der Waals surface area contributed by atoms with E-state index in [-0.39, 0.29) is 5.91 Å². The van der Waals surface area contributed by atoms with Crippen LogP contribution in [0.2, 0.25) is 0 Å². The van der Waals surface area contributed by atoms with E-state index >= 15 is 0 Å². The van der Waals surface area contributed by atoms with Gasteiger partial charge >= 0.3 is 0 Å². The van der Waals surface area contributed by atoms with Crippen LogP contribution in [0.4, 0.5) is 0 Å². The molecular formula is C16H35NO2. The molecule has 0 atom stereocenters. The second-order valence-corrected chi connectivity index (χ2v) is 6.12. The van der Waals surface area contributed by atoms with E-state index in [4.69, 9.17) is 4.74 Å². The molecule has 0 aromatic carbocycles. The zero-order valence-electron chi connectivity index (χ0n) is 14.3. The summed E-state index contributed by atoms with van der Waals surface area (Å²) >= 11 is 0. The maximum absolute atomic E-state index is 10.3. The summed E-state index contributed by atoms with van der Waals surface area (Å²) in [5.74, 6) is 0.857. The van der Waals surface area contributed by atoms with Crippen molar-refractivity contribution in [2.45, 2.75) is 74.3 Å². The smallest absolute Gasteiger partial charge is 0.219 e. The van der Waals surface area contributed by atoms with Gasteiger partial charge in [-0.25, -0.2) is 0 Å². The molecule has 0 heterocycles. The van der Waals surface area contributed by atoms with Gasteiger partial charge in [0.1, 0.15) is 0 Å². The van der Waals surface area contributed by atoms with Crippen LogP contribution >= 0.6 is 0 Å². The first-order chi connectivity index (χ1) is 8.67. The average molecular weight is 273 g/mol. The first kappa shape index (κ1) is 20.7. The average Bonchev–Trinajstić information content (AvgIpc) is 2.29. The maximum Gasteiger partial charge on any atom is 0.219 e. The van der Waals surface area contributed by atoms with Crippen molar-refractivity contribution in [3.63, 3.8) is 0 Å². The Morgan fingerprint density at radius 1 is 1.16 bits per heavy atom. The number of carbonyl (C=O) groups excluding carboxylic acids is 1. The van der Waals surface area contributed by atoms with Crippen LogP contribution in [-0.4, -0.2) is 25.2 Å². The molecule has 1 amide bonds. The van der Waals surface area contributed by atoms with Gasteiger partial charge in [0.05, 0.1) is 6.10 Å². The van der Waals surface area contributed by atoms with Crippen molar-refractivity contribution in [2.75, 3.05) is 13.2 Å². The second kappa shape index (κ2) is 11.3. The minimum absolute atomic E-state index is 0.127. The fourth-order valence-electron chi connectivity index (χ4n) is 1.17. The Labute approximate surface area is 120 Å². The highest BCUT2D eigenvalue weighted by molar-refractivity contribution is 5.75. The van der Waals surface area contributed by atoms with Crippen LogP contribution in [0, 0.1) is 11.3 Å². The van der Waals surface area contributed by atoms with E-state index in [1.165, 1.54) is 0 Å². The molecule has 0 aromatic heterocycles. The molecule has 3 heteroatoms. The van der Waals surface area contributed by atoms with Crippen molar-refractivity contribution in [3.8, 4) is 0 Å². The third-order valence-electron chi connectivity index (χ3n) is 3.46. The SMILES string of the molecule is CC(C)OCCC(C)(C)C(C)C.CCNC(=O)CC. The van der Waals surface area contributed by atoms with Gasteiger partial charge in [-0.15, -0.1) is 0 Å². The molecule has 0 bridgehead atoms. The summed E-state index contributed by atoms with van der Waals surface area (Å²) in [4.78, 5) is 10.3. The standard InChI is InChI=1S/C11H24O.C5H11NO/c1-9(2)11(5,6)7-8-12-10(3)4;1-3-5(7)6-4-2/h9-10H,7-8H2,1-6H3;3-4H2,1-2H3,(H,6,7). The number of carbonyl (C=O) groups is 1. The molecule has 0 aliphatic heterocycles. The van der Waals surface area contributed by atoms with Crippen molar-refractivity contribution < 1.29 is 9.53 Å². The summed E-state index contributed by atoms with van der Waals surface area (Å²) in [5, 5.41) is 2.66. The molecule has 0 fully saturated rings. The van der Waals surface area contributed by atoms with Crippen LogP contribution in [0.15, 0.2) is 0 Å². The van der Waals surface area contributed by atoms with Gasteiger partial charge in [-0.05, 0) is 38.5 Å². The van der Waals surface area contributed by atoms with Gasteiger partial charge in [0.15, 0.2) is 0 Å². The van der Waals surface area contributed by atoms with Crippen LogP contribution in [0.25, 0.3) is 0 Å². The van der Waals surface area contributed by atoms with E-state index in [0.29, 0.717) is 17.9 Å². The Bertz CT molecular complexity index is 223. The lowest BCUT2D eigenvalue weighted by molar-refractivity contribution is -0.120. The quantitative estimate of drug-likeness (QED) is 0.761. The van der Waals surface area contributed by atoms with Gasteiger partial charge in [0.2, 0.25) is 5.91 Å². The van der Waals surface area contributed by atoms with Crippen LogP contribution in [0.1, 0.15) is 68.2 Å². The van der Waals surface area contributed by atoms with Gasteiger partial charge in [-0.2, -0.15) is 0 Å².